The molecule has 88 valence electrons. The second kappa shape index (κ2) is 4.94. The van der Waals surface area contributed by atoms with Crippen LogP contribution in [0.2, 0.25) is 0 Å². The van der Waals surface area contributed by atoms with Crippen LogP contribution in [0.25, 0.3) is 0 Å². The first-order chi connectivity index (χ1) is 6.92. The number of hydrogen-bond donors (Lipinski definition) is 2. The monoisotopic (exact) mass is 214 g/mol. The minimum atomic E-state index is -1.12. The van der Waals surface area contributed by atoms with Crippen molar-refractivity contribution in [2.24, 2.45) is 11.7 Å². The molecule has 1 fully saturated rings. The Morgan fingerprint density at radius 1 is 1.53 bits per heavy atom. The fourth-order valence-corrected chi connectivity index (χ4v) is 2.01. The Hall–Kier alpha value is -0.610. The van der Waals surface area contributed by atoms with E-state index < -0.39 is 11.5 Å². The van der Waals surface area contributed by atoms with Crippen LogP contribution in [0.3, 0.4) is 0 Å². The van der Waals surface area contributed by atoms with E-state index in [1.54, 1.807) is 6.92 Å². The Balaban J connectivity index is 2.47. The molecule has 4 heteroatoms. The number of carboxylic acid groups (broad SMARTS) is 1. The van der Waals surface area contributed by atoms with Gasteiger partial charge in [0.2, 0.25) is 0 Å². The van der Waals surface area contributed by atoms with Crippen molar-refractivity contribution in [1.82, 2.24) is 4.90 Å². The summed E-state index contributed by atoms with van der Waals surface area (Å²) in [7, 11) is 0. The normalized spacial score (nSPS) is 28.1. The summed E-state index contributed by atoms with van der Waals surface area (Å²) < 4.78 is 0. The topological polar surface area (TPSA) is 66.6 Å². The van der Waals surface area contributed by atoms with Crippen molar-refractivity contribution in [3.8, 4) is 0 Å². The van der Waals surface area contributed by atoms with Crippen molar-refractivity contribution in [1.29, 1.82) is 0 Å². The van der Waals surface area contributed by atoms with E-state index in [-0.39, 0.29) is 0 Å². The fourth-order valence-electron chi connectivity index (χ4n) is 2.01. The van der Waals surface area contributed by atoms with Crippen molar-refractivity contribution < 1.29 is 9.90 Å². The molecule has 0 spiro atoms. The van der Waals surface area contributed by atoms with Crippen LogP contribution in [-0.2, 0) is 4.79 Å². The smallest absolute Gasteiger partial charge is 0.324 e. The maximum Gasteiger partial charge on any atom is 0.324 e. The van der Waals surface area contributed by atoms with Crippen molar-refractivity contribution in [2.75, 3.05) is 19.6 Å². The van der Waals surface area contributed by atoms with Crippen molar-refractivity contribution >= 4 is 5.97 Å². The van der Waals surface area contributed by atoms with Gasteiger partial charge >= 0.3 is 5.97 Å². The number of nitrogens with two attached hydrogens (primary N) is 1. The molecule has 0 radical (unpaired) electrons. The summed E-state index contributed by atoms with van der Waals surface area (Å²) >= 11 is 0. The molecule has 15 heavy (non-hydrogen) atoms. The van der Waals surface area contributed by atoms with Crippen molar-refractivity contribution in [3.05, 3.63) is 0 Å². The summed E-state index contributed by atoms with van der Waals surface area (Å²) in [6, 6.07) is 0. The predicted octanol–water partition coefficient (Wildman–Crippen LogP) is 0.910. The maximum atomic E-state index is 10.9. The molecule has 0 aromatic heterocycles. The lowest BCUT2D eigenvalue weighted by Crippen LogP contribution is -2.54. The van der Waals surface area contributed by atoms with Gasteiger partial charge in [-0.3, -0.25) is 4.79 Å². The molecule has 1 heterocycles. The lowest BCUT2D eigenvalue weighted by molar-refractivity contribution is -0.143. The number of hydrogen-bond acceptors (Lipinski definition) is 3. The third-order valence-corrected chi connectivity index (χ3v) is 3.15. The number of carbonyl (C=O) groups is 1. The highest BCUT2D eigenvalue weighted by Gasteiger charge is 2.30. The molecule has 2 atom stereocenters. The molecule has 1 aliphatic heterocycles. The van der Waals surface area contributed by atoms with Gasteiger partial charge in [-0.15, -0.1) is 0 Å². The Labute approximate surface area is 91.4 Å². The van der Waals surface area contributed by atoms with Gasteiger partial charge in [0.15, 0.2) is 0 Å². The molecule has 0 aromatic rings. The van der Waals surface area contributed by atoms with Gasteiger partial charge in [0.05, 0.1) is 0 Å². The molecule has 1 saturated heterocycles. The van der Waals surface area contributed by atoms with Gasteiger partial charge < -0.3 is 15.7 Å². The quantitative estimate of drug-likeness (QED) is 0.733. The standard InChI is InChI=1S/C11H22N2O2/c1-9-4-3-6-13(7-5-9)8-11(2,12)10(14)15/h9H,3-8,12H2,1-2H3,(H,14,15). The van der Waals surface area contributed by atoms with Crippen LogP contribution in [0.5, 0.6) is 0 Å². The Morgan fingerprint density at radius 2 is 2.20 bits per heavy atom. The van der Waals surface area contributed by atoms with Crippen LogP contribution >= 0.6 is 0 Å². The second-order valence-electron chi connectivity index (χ2n) is 5.03. The molecule has 1 aliphatic rings. The van der Waals surface area contributed by atoms with E-state index in [0.717, 1.165) is 31.8 Å². The third-order valence-electron chi connectivity index (χ3n) is 3.15. The summed E-state index contributed by atoms with van der Waals surface area (Å²) in [4.78, 5) is 13.1. The number of rotatable bonds is 3. The zero-order valence-electron chi connectivity index (χ0n) is 9.70. The zero-order valence-corrected chi connectivity index (χ0v) is 9.70. The van der Waals surface area contributed by atoms with Crippen molar-refractivity contribution in [2.45, 2.75) is 38.6 Å². The highest BCUT2D eigenvalue weighted by Crippen LogP contribution is 2.17. The van der Waals surface area contributed by atoms with Gasteiger partial charge in [0, 0.05) is 6.54 Å². The van der Waals surface area contributed by atoms with Crippen molar-refractivity contribution in [3.63, 3.8) is 0 Å². The SMILES string of the molecule is CC1CCCN(CC(C)(N)C(=O)O)CC1. The molecular weight excluding hydrogens is 192 g/mol. The Morgan fingerprint density at radius 3 is 2.80 bits per heavy atom. The summed E-state index contributed by atoms with van der Waals surface area (Å²) in [6.45, 7) is 6.24. The van der Waals surface area contributed by atoms with Gasteiger partial charge in [-0.25, -0.2) is 0 Å². The number of likely N-dealkylation sites (tertiary alicyclic amines) is 1. The Kier molecular flexibility index (Phi) is 4.11. The van der Waals surface area contributed by atoms with E-state index >= 15 is 0 Å². The Bertz CT molecular complexity index is 229. The first kappa shape index (κ1) is 12.5. The minimum Gasteiger partial charge on any atom is -0.480 e. The van der Waals surface area contributed by atoms with Gasteiger partial charge in [-0.2, -0.15) is 0 Å². The van der Waals surface area contributed by atoms with Crippen LogP contribution < -0.4 is 5.73 Å². The number of nitrogens with zero attached hydrogens (tertiary/aromatic N) is 1. The van der Waals surface area contributed by atoms with Crippen LogP contribution in [-0.4, -0.2) is 41.1 Å². The molecule has 3 N–H and O–H groups in total. The minimum absolute atomic E-state index is 0.453. The summed E-state index contributed by atoms with van der Waals surface area (Å²) in [5, 5.41) is 8.94. The van der Waals surface area contributed by atoms with E-state index in [0.29, 0.717) is 6.54 Å². The highest BCUT2D eigenvalue weighted by molar-refractivity contribution is 5.78. The van der Waals surface area contributed by atoms with Crippen LogP contribution in [0.4, 0.5) is 0 Å². The summed E-state index contributed by atoms with van der Waals surface area (Å²) in [5.41, 5.74) is 4.62. The molecule has 4 nitrogen and oxygen atoms in total. The largest absolute Gasteiger partial charge is 0.480 e. The lowest BCUT2D eigenvalue weighted by Gasteiger charge is -2.28. The molecule has 0 aromatic carbocycles. The first-order valence-corrected chi connectivity index (χ1v) is 5.66. The van der Waals surface area contributed by atoms with Gasteiger partial charge in [0.1, 0.15) is 5.54 Å². The zero-order chi connectivity index (χ0) is 11.5. The molecule has 1 rings (SSSR count). The van der Waals surface area contributed by atoms with Gasteiger partial charge in [-0.1, -0.05) is 6.92 Å². The molecule has 0 saturated carbocycles. The lowest BCUT2D eigenvalue weighted by atomic mass is 10.0. The second-order valence-corrected chi connectivity index (χ2v) is 5.03. The molecule has 0 bridgehead atoms. The molecular formula is C11H22N2O2. The fraction of sp³-hybridized carbons (Fsp3) is 0.909. The highest BCUT2D eigenvalue weighted by atomic mass is 16.4. The predicted molar refractivity (Wildman–Crippen MR) is 59.7 cm³/mol. The van der Waals surface area contributed by atoms with Crippen LogP contribution in [0.1, 0.15) is 33.1 Å². The van der Waals surface area contributed by atoms with Gasteiger partial charge in [-0.05, 0) is 45.2 Å². The van der Waals surface area contributed by atoms with E-state index in [9.17, 15) is 4.79 Å². The molecule has 0 aliphatic carbocycles. The first-order valence-electron chi connectivity index (χ1n) is 5.66. The third kappa shape index (κ3) is 3.80. The number of aliphatic carboxylic acids is 1. The molecule has 0 amide bonds. The van der Waals surface area contributed by atoms with Crippen LogP contribution in [0, 0.1) is 5.92 Å². The summed E-state index contributed by atoms with van der Waals surface area (Å²) in [6.07, 6.45) is 3.54. The van der Waals surface area contributed by atoms with Gasteiger partial charge in [0.25, 0.3) is 0 Å². The summed E-state index contributed by atoms with van der Waals surface area (Å²) in [5.74, 6) is -0.163. The van der Waals surface area contributed by atoms with E-state index in [4.69, 9.17) is 10.8 Å². The van der Waals surface area contributed by atoms with Crippen LogP contribution in [0.15, 0.2) is 0 Å². The average Bonchev–Trinajstić information content (AvgIpc) is 2.30. The van der Waals surface area contributed by atoms with E-state index in [2.05, 4.69) is 11.8 Å². The maximum absolute atomic E-state index is 10.9. The number of carboxylic acids is 1. The average molecular weight is 214 g/mol. The van der Waals surface area contributed by atoms with E-state index in [1.165, 1.54) is 6.42 Å². The van der Waals surface area contributed by atoms with E-state index in [1.807, 2.05) is 0 Å². The molecule has 2 unspecified atom stereocenters.